The minimum Gasteiger partial charge on any atom is -0.480 e. The molecule has 45 nitrogen and oxygen atoms in total. The van der Waals surface area contributed by atoms with Crippen molar-refractivity contribution in [2.75, 3.05) is 141 Å². The molecular weight excluding hydrogens is 1870 g/mol. The number of hydrogen-bond acceptors (Lipinski definition) is 31. The molecule has 9 aromatic heterocycles. The van der Waals surface area contributed by atoms with Gasteiger partial charge < -0.3 is 91.2 Å². The lowest BCUT2D eigenvalue weighted by Gasteiger charge is -2.28. The molecule has 0 aliphatic carbocycles. The van der Waals surface area contributed by atoms with Crippen LogP contribution in [-0.2, 0) is 89.7 Å². The maximum Gasteiger partial charge on any atom is 0.490 e. The standard InChI is InChI=1S/C20H23N7O2.C19H25N7O3.C17H23N7O3.C17H24N6O2.4C2HF3O2/c1-3-4-11-27-16-17(23-19(27)26-12-9-21-10-13-26)24-20(25(2)18(16)28)29-14-15-7-5-6-8-22-15;1-3-4-9-26-14-15(22-19(26)24-11-7-20-8-12-24)21-18(23(2)16(14)27)25-10-5-6-13(25)17(28)29;1-4-5-8-24-12-13(21-17(24)23-9-6-18-7-10-23)20-16(22(3)14(12)25)19-11(2)15(26)27;1-5-6-9-23-13-14(19-16(23)22-10-7-18-8-11-22)20-17(25-12(2)3)21(4)15(13)24;4*3-2(4,5)1(6)7/h5-8,21H,9-14H2,1-2H3;13,20H,5-12H2,1-2H3,(H,28,29);11,18H,6-10H2,1-3H3,(H,19,20)(H,26,27);12,18H,7-11H2,1-4H3;4*(H,6,7)/t;13-;;;;;;/m.1....../s1. The monoisotopic (exact) mass is 1970 g/mol. The summed E-state index contributed by atoms with van der Waals surface area (Å²) in [4.78, 5) is 162. The second kappa shape index (κ2) is 49.5. The number of fused-ring (bicyclic) bond motifs is 4. The van der Waals surface area contributed by atoms with Gasteiger partial charge >= 0.3 is 72.5 Å². The van der Waals surface area contributed by atoms with E-state index in [9.17, 15) is 86.6 Å². The average molecular weight is 1970 g/mol. The minimum atomic E-state index is -5.08. The Bertz CT molecular complexity index is 6240. The van der Waals surface area contributed by atoms with Crippen molar-refractivity contribution < 1.29 is 122 Å². The molecule has 0 radical (unpaired) electrons. The fourth-order valence-electron chi connectivity index (χ4n) is 13.2. The molecule has 750 valence electrons. The van der Waals surface area contributed by atoms with Crippen LogP contribution in [0, 0.1) is 47.4 Å². The van der Waals surface area contributed by atoms with Crippen molar-refractivity contribution in [3.63, 3.8) is 0 Å². The van der Waals surface area contributed by atoms with E-state index in [0.29, 0.717) is 96.0 Å². The van der Waals surface area contributed by atoms with Gasteiger partial charge in [-0.3, -0.25) is 65.5 Å². The van der Waals surface area contributed by atoms with E-state index in [-0.39, 0.29) is 58.6 Å². The third kappa shape index (κ3) is 29.3. The Morgan fingerprint density at radius 3 is 1.04 bits per heavy atom. The molecule has 57 heteroatoms. The number of imidazole rings is 4. The van der Waals surface area contributed by atoms with Crippen LogP contribution in [0.1, 0.15) is 67.0 Å². The number of ether oxygens (including phenoxy) is 2. The van der Waals surface area contributed by atoms with Crippen molar-refractivity contribution in [2.24, 2.45) is 28.2 Å². The van der Waals surface area contributed by atoms with Crippen molar-refractivity contribution in [2.45, 2.75) is 137 Å². The highest BCUT2D eigenvalue weighted by molar-refractivity contribution is 5.82. The van der Waals surface area contributed by atoms with Gasteiger partial charge in [-0.25, -0.2) is 24.0 Å². The maximum atomic E-state index is 13.3. The summed E-state index contributed by atoms with van der Waals surface area (Å²) in [5, 5.41) is 63.1. The molecule has 5 fully saturated rings. The Balaban J connectivity index is 0.000000229. The summed E-state index contributed by atoms with van der Waals surface area (Å²) in [5.41, 5.74) is 2.90. The van der Waals surface area contributed by atoms with Crippen molar-refractivity contribution in [1.29, 1.82) is 0 Å². The van der Waals surface area contributed by atoms with Gasteiger partial charge in [0.2, 0.25) is 35.7 Å². The number of halogens is 12. The molecule has 0 bridgehead atoms. The van der Waals surface area contributed by atoms with Crippen LogP contribution in [0.2, 0.25) is 0 Å². The topological polar surface area (TPSA) is 542 Å². The number of hydrogen-bond donors (Lipinski definition) is 11. The average Bonchev–Trinajstić information content (AvgIpc) is 1.60. The van der Waals surface area contributed by atoms with Gasteiger partial charge in [0.25, 0.3) is 22.2 Å². The Hall–Kier alpha value is -15.0. The van der Waals surface area contributed by atoms with E-state index in [1.54, 1.807) is 71.5 Å². The zero-order chi connectivity index (χ0) is 103. The second-order valence-electron chi connectivity index (χ2n) is 29.8. The predicted octanol–water partition coefficient (Wildman–Crippen LogP) is 2.48. The van der Waals surface area contributed by atoms with Gasteiger partial charge in [-0.15, -0.1) is 23.7 Å². The van der Waals surface area contributed by atoms with Crippen LogP contribution in [0.3, 0.4) is 0 Å². The predicted molar refractivity (Wildman–Crippen MR) is 473 cm³/mol. The molecule has 14 rings (SSSR count). The lowest BCUT2D eigenvalue weighted by molar-refractivity contribution is -0.193. The Morgan fingerprint density at radius 2 is 0.739 bits per heavy atom. The third-order valence-electron chi connectivity index (χ3n) is 19.9. The van der Waals surface area contributed by atoms with E-state index in [4.69, 9.17) is 54.2 Å². The normalized spacial score (nSPS) is 15.0. The van der Waals surface area contributed by atoms with Crippen molar-refractivity contribution in [3.8, 4) is 59.4 Å². The fraction of sp³-hybridized carbons (Fsp3) is 0.519. The van der Waals surface area contributed by atoms with E-state index in [0.717, 1.165) is 129 Å². The first-order valence-electron chi connectivity index (χ1n) is 41.6. The minimum absolute atomic E-state index is 0.0729. The highest BCUT2D eigenvalue weighted by atomic mass is 19.4. The first-order valence-corrected chi connectivity index (χ1v) is 41.6. The number of pyridine rings is 1. The highest BCUT2D eigenvalue weighted by Crippen LogP contribution is 2.30. The SMILES string of the molecule is CC#CCn1c(N2CCNCC2)nc2nc(N3CCC[C@@H]3C(=O)O)n(C)c(=O)c21.CC#CCn1c(N2CCNCC2)nc2nc(NC(C)C(=O)O)n(C)c(=O)c21.CC#CCn1c(N2CCNCC2)nc2nc(OC(C)C)n(C)c(=O)c21.CC#CCn1c(N2CCNCC2)nc2nc(OCc3ccccn3)n(C)c(=O)c21.O=C(O)C(F)(F)F.O=C(O)C(F)(F)F.O=C(O)C(F)(F)F.O=C(O)C(F)(F)F. The number of anilines is 6. The molecule has 9 aromatic rings. The molecule has 0 saturated carbocycles. The summed E-state index contributed by atoms with van der Waals surface area (Å²) in [6.07, 6.45) is -17.4. The Kier molecular flexibility index (Phi) is 39.5. The number of nitrogens with zero attached hydrogens (tertiary/aromatic N) is 22. The van der Waals surface area contributed by atoms with Gasteiger partial charge in [0, 0.05) is 146 Å². The van der Waals surface area contributed by atoms with Crippen molar-refractivity contribution >= 4 is 116 Å². The Morgan fingerprint density at radius 1 is 0.435 bits per heavy atom. The zero-order valence-corrected chi connectivity index (χ0v) is 76.0. The molecule has 11 N–H and O–H groups in total. The smallest absolute Gasteiger partial charge is 0.480 e. The molecule has 138 heavy (non-hydrogen) atoms. The number of carboxylic acid groups (broad SMARTS) is 6. The summed E-state index contributed by atoms with van der Waals surface area (Å²) in [5.74, 6) is 14.0. The maximum absolute atomic E-state index is 13.3. The molecule has 1 unspecified atom stereocenters. The summed E-state index contributed by atoms with van der Waals surface area (Å²) in [6.45, 7) is 27.8. The number of piperazine rings is 4. The summed E-state index contributed by atoms with van der Waals surface area (Å²) >= 11 is 0. The van der Waals surface area contributed by atoms with Crippen LogP contribution >= 0.6 is 0 Å². The van der Waals surface area contributed by atoms with Crippen molar-refractivity contribution in [3.05, 3.63) is 71.5 Å². The lowest BCUT2D eigenvalue weighted by atomic mass is 10.2. The molecule has 0 spiro atoms. The second-order valence-corrected chi connectivity index (χ2v) is 29.8. The third-order valence-corrected chi connectivity index (χ3v) is 19.9. The summed E-state index contributed by atoms with van der Waals surface area (Å²) < 4.78 is 151. The highest BCUT2D eigenvalue weighted by Gasteiger charge is 2.42. The van der Waals surface area contributed by atoms with Gasteiger partial charge in [0.15, 0.2) is 44.7 Å². The van der Waals surface area contributed by atoms with Gasteiger partial charge in [0.05, 0.1) is 38.0 Å². The van der Waals surface area contributed by atoms with Gasteiger partial charge in [0.1, 0.15) is 18.7 Å². The summed E-state index contributed by atoms with van der Waals surface area (Å²) in [7, 11) is 6.50. The molecule has 14 heterocycles. The molecular formula is C81H99F12N27O18. The van der Waals surface area contributed by atoms with E-state index in [1.165, 1.54) is 25.2 Å². The molecule has 0 amide bonds. The van der Waals surface area contributed by atoms with Gasteiger partial charge in [-0.1, -0.05) is 29.7 Å². The van der Waals surface area contributed by atoms with Gasteiger partial charge in [-0.05, 0) is 73.4 Å². The first kappa shape index (κ1) is 110. The largest absolute Gasteiger partial charge is 0.490 e. The van der Waals surface area contributed by atoms with Crippen LogP contribution in [0.25, 0.3) is 44.7 Å². The van der Waals surface area contributed by atoms with E-state index < -0.39 is 72.6 Å². The number of alkyl halides is 12. The molecule has 5 aliphatic rings. The fourth-order valence-corrected chi connectivity index (χ4v) is 13.2. The molecule has 2 atom stereocenters. The summed E-state index contributed by atoms with van der Waals surface area (Å²) in [6, 6.07) is 4.52. The van der Waals surface area contributed by atoms with Crippen molar-refractivity contribution in [1.82, 2.24) is 103 Å². The lowest BCUT2D eigenvalue weighted by Crippen LogP contribution is -2.44. The number of carboxylic acids is 6. The van der Waals surface area contributed by atoms with Crippen LogP contribution in [0.4, 0.5) is 88.4 Å². The zero-order valence-electron chi connectivity index (χ0n) is 76.0. The molecule has 5 saturated heterocycles. The molecule has 0 aromatic carbocycles. The quantitative estimate of drug-likeness (QED) is 0.0434. The molecule has 5 aliphatic heterocycles. The van der Waals surface area contributed by atoms with E-state index in [2.05, 4.69) is 138 Å². The number of aliphatic carboxylic acids is 6. The van der Waals surface area contributed by atoms with Crippen LogP contribution in [-0.4, -0.2) is 302 Å². The van der Waals surface area contributed by atoms with E-state index in [1.807, 2.05) is 45.7 Å². The van der Waals surface area contributed by atoms with Gasteiger partial charge in [-0.2, -0.15) is 92.6 Å². The van der Waals surface area contributed by atoms with Crippen LogP contribution in [0.5, 0.6) is 12.0 Å². The number of carbonyl (C=O) groups is 6. The Labute approximate surface area is 774 Å². The first-order chi connectivity index (χ1) is 64.9. The number of aromatic nitrogens is 17. The number of nitrogens with one attached hydrogen (secondary N) is 5. The van der Waals surface area contributed by atoms with E-state index >= 15 is 0 Å². The number of rotatable bonds is 18. The van der Waals surface area contributed by atoms with Crippen LogP contribution in [0.15, 0.2) is 43.6 Å². The van der Waals surface area contributed by atoms with Crippen LogP contribution < -0.4 is 82.8 Å².